The van der Waals surface area contributed by atoms with Gasteiger partial charge in [-0.2, -0.15) is 0 Å². The first-order chi connectivity index (χ1) is 10.1. The van der Waals surface area contributed by atoms with Crippen LogP contribution >= 0.6 is 0 Å². The normalized spacial score (nSPS) is 20.2. The highest BCUT2D eigenvalue weighted by atomic mass is 16.2. The molecule has 2 atom stereocenters. The number of hydrogen-bond acceptors (Lipinski definition) is 2. The van der Waals surface area contributed by atoms with Crippen molar-refractivity contribution < 1.29 is 9.59 Å². The summed E-state index contributed by atoms with van der Waals surface area (Å²) in [6.45, 7) is 4.55. The minimum atomic E-state index is -0.0698. The SMILES string of the molecule is CC#CCCCNC(=O)CCCCC[C@H]1NC(=O)N[C@H]1C. The second-order valence-electron chi connectivity index (χ2n) is 5.49. The largest absolute Gasteiger partial charge is 0.356 e. The number of urea groups is 1. The van der Waals surface area contributed by atoms with Crippen LogP contribution < -0.4 is 16.0 Å². The Morgan fingerprint density at radius 2 is 2.05 bits per heavy atom. The second kappa shape index (κ2) is 10.1. The van der Waals surface area contributed by atoms with Crippen molar-refractivity contribution >= 4 is 11.9 Å². The average Bonchev–Trinajstić information content (AvgIpc) is 2.76. The van der Waals surface area contributed by atoms with E-state index in [1.165, 1.54) is 0 Å². The lowest BCUT2D eigenvalue weighted by molar-refractivity contribution is -0.121. The number of rotatable bonds is 9. The zero-order valence-electron chi connectivity index (χ0n) is 13.1. The lowest BCUT2D eigenvalue weighted by Crippen LogP contribution is -2.30. The molecule has 0 aromatic carbocycles. The standard InChI is InChI=1S/C16H27N3O2/c1-3-4-5-9-12-17-15(20)11-8-6-7-10-14-13(2)18-16(21)19-14/h13-14H,5-12H2,1-2H3,(H,17,20)(H2,18,19,21)/t13-,14+/m0/s1. The van der Waals surface area contributed by atoms with Gasteiger partial charge in [0, 0.05) is 25.4 Å². The van der Waals surface area contributed by atoms with E-state index in [4.69, 9.17) is 0 Å². The maximum Gasteiger partial charge on any atom is 0.315 e. The molecule has 5 nitrogen and oxygen atoms in total. The van der Waals surface area contributed by atoms with Crippen LogP contribution in [0.1, 0.15) is 58.8 Å². The molecule has 3 N–H and O–H groups in total. The Morgan fingerprint density at radius 1 is 1.24 bits per heavy atom. The summed E-state index contributed by atoms with van der Waals surface area (Å²) in [5.41, 5.74) is 0. The summed E-state index contributed by atoms with van der Waals surface area (Å²) in [4.78, 5) is 22.7. The van der Waals surface area contributed by atoms with Crippen molar-refractivity contribution in [2.45, 2.75) is 70.9 Å². The van der Waals surface area contributed by atoms with Gasteiger partial charge in [0.05, 0.1) is 6.04 Å². The van der Waals surface area contributed by atoms with Gasteiger partial charge in [-0.25, -0.2) is 4.79 Å². The fourth-order valence-corrected chi connectivity index (χ4v) is 2.41. The van der Waals surface area contributed by atoms with E-state index in [9.17, 15) is 9.59 Å². The third kappa shape index (κ3) is 7.60. The highest BCUT2D eigenvalue weighted by Gasteiger charge is 2.26. The lowest BCUT2D eigenvalue weighted by Gasteiger charge is -2.13. The second-order valence-corrected chi connectivity index (χ2v) is 5.49. The van der Waals surface area contributed by atoms with Crippen LogP contribution in [0.5, 0.6) is 0 Å². The predicted molar refractivity (Wildman–Crippen MR) is 83.7 cm³/mol. The Morgan fingerprint density at radius 3 is 2.71 bits per heavy atom. The zero-order valence-corrected chi connectivity index (χ0v) is 13.1. The highest BCUT2D eigenvalue weighted by Crippen LogP contribution is 2.11. The van der Waals surface area contributed by atoms with E-state index in [0.717, 1.165) is 38.5 Å². The summed E-state index contributed by atoms with van der Waals surface area (Å²) in [7, 11) is 0. The summed E-state index contributed by atoms with van der Waals surface area (Å²) in [6, 6.07) is 0.359. The Labute approximate surface area is 127 Å². The molecule has 0 radical (unpaired) electrons. The molecule has 118 valence electrons. The molecule has 0 unspecified atom stereocenters. The summed E-state index contributed by atoms with van der Waals surface area (Å²) in [5, 5.41) is 8.66. The van der Waals surface area contributed by atoms with E-state index in [0.29, 0.717) is 13.0 Å². The summed E-state index contributed by atoms with van der Waals surface area (Å²) < 4.78 is 0. The summed E-state index contributed by atoms with van der Waals surface area (Å²) in [5.74, 6) is 5.95. The minimum Gasteiger partial charge on any atom is -0.356 e. The molecule has 0 bridgehead atoms. The number of amides is 3. The van der Waals surface area contributed by atoms with Crippen LogP contribution in [0.3, 0.4) is 0 Å². The monoisotopic (exact) mass is 293 g/mol. The lowest BCUT2D eigenvalue weighted by atomic mass is 10.0. The van der Waals surface area contributed by atoms with Gasteiger partial charge in [-0.05, 0) is 33.1 Å². The maximum atomic E-state index is 11.6. The Kier molecular flexibility index (Phi) is 8.34. The number of carbonyl (C=O) groups is 2. The van der Waals surface area contributed by atoms with Crippen molar-refractivity contribution in [3.05, 3.63) is 0 Å². The fourth-order valence-electron chi connectivity index (χ4n) is 2.41. The van der Waals surface area contributed by atoms with Gasteiger partial charge in [0.15, 0.2) is 0 Å². The van der Waals surface area contributed by atoms with Crippen LogP contribution in [0.4, 0.5) is 4.79 Å². The van der Waals surface area contributed by atoms with Crippen molar-refractivity contribution in [3.63, 3.8) is 0 Å². The van der Waals surface area contributed by atoms with Crippen molar-refractivity contribution in [2.75, 3.05) is 6.54 Å². The fraction of sp³-hybridized carbons (Fsp3) is 0.750. The Balaban J connectivity index is 1.94. The first kappa shape index (κ1) is 17.4. The van der Waals surface area contributed by atoms with Gasteiger partial charge in [0.25, 0.3) is 0 Å². The highest BCUT2D eigenvalue weighted by molar-refractivity contribution is 5.77. The Hall–Kier alpha value is -1.70. The van der Waals surface area contributed by atoms with Gasteiger partial charge in [-0.1, -0.05) is 12.8 Å². The molecule has 0 saturated carbocycles. The molecular formula is C16H27N3O2. The molecule has 1 rings (SSSR count). The van der Waals surface area contributed by atoms with Crippen LogP contribution in [-0.4, -0.2) is 30.6 Å². The maximum absolute atomic E-state index is 11.6. The van der Waals surface area contributed by atoms with Crippen LogP contribution in [0, 0.1) is 11.8 Å². The smallest absolute Gasteiger partial charge is 0.315 e. The van der Waals surface area contributed by atoms with Crippen molar-refractivity contribution in [1.29, 1.82) is 0 Å². The Bertz CT molecular complexity index is 398. The van der Waals surface area contributed by atoms with E-state index < -0.39 is 0 Å². The molecule has 21 heavy (non-hydrogen) atoms. The van der Waals surface area contributed by atoms with Crippen molar-refractivity contribution in [3.8, 4) is 11.8 Å². The number of nitrogens with one attached hydrogen (secondary N) is 3. The van der Waals surface area contributed by atoms with E-state index >= 15 is 0 Å². The molecule has 0 aromatic heterocycles. The molecule has 5 heteroatoms. The molecule has 1 saturated heterocycles. The van der Waals surface area contributed by atoms with E-state index in [2.05, 4.69) is 27.8 Å². The zero-order chi connectivity index (χ0) is 15.5. The number of hydrogen-bond donors (Lipinski definition) is 3. The molecule has 1 heterocycles. The van der Waals surface area contributed by atoms with Gasteiger partial charge < -0.3 is 16.0 Å². The van der Waals surface area contributed by atoms with Crippen LogP contribution in [0.2, 0.25) is 0 Å². The van der Waals surface area contributed by atoms with E-state index in [-0.39, 0.29) is 24.0 Å². The summed E-state index contributed by atoms with van der Waals surface area (Å²) in [6.07, 6.45) is 6.28. The van der Waals surface area contributed by atoms with Gasteiger partial charge in [0.1, 0.15) is 0 Å². The third-order valence-corrected chi connectivity index (χ3v) is 3.68. The molecule has 1 aliphatic rings. The quantitative estimate of drug-likeness (QED) is 0.449. The van der Waals surface area contributed by atoms with E-state index in [1.807, 2.05) is 13.8 Å². The topological polar surface area (TPSA) is 70.2 Å². The van der Waals surface area contributed by atoms with Crippen LogP contribution in [0.25, 0.3) is 0 Å². The third-order valence-electron chi connectivity index (χ3n) is 3.68. The van der Waals surface area contributed by atoms with Crippen LogP contribution in [-0.2, 0) is 4.79 Å². The van der Waals surface area contributed by atoms with Gasteiger partial charge in [-0.3, -0.25) is 4.79 Å². The molecule has 3 amide bonds. The van der Waals surface area contributed by atoms with E-state index in [1.54, 1.807) is 0 Å². The van der Waals surface area contributed by atoms with Gasteiger partial charge in [0.2, 0.25) is 5.91 Å². The number of carbonyl (C=O) groups excluding carboxylic acids is 2. The molecule has 1 aliphatic heterocycles. The first-order valence-corrected chi connectivity index (χ1v) is 7.87. The van der Waals surface area contributed by atoms with Gasteiger partial charge in [-0.15, -0.1) is 11.8 Å². The number of unbranched alkanes of at least 4 members (excludes halogenated alkanes) is 3. The van der Waals surface area contributed by atoms with Crippen molar-refractivity contribution in [2.24, 2.45) is 0 Å². The minimum absolute atomic E-state index is 0.0698. The molecule has 0 aromatic rings. The molecule has 0 spiro atoms. The molecule has 1 fully saturated rings. The van der Waals surface area contributed by atoms with Gasteiger partial charge >= 0.3 is 6.03 Å². The molecular weight excluding hydrogens is 266 g/mol. The van der Waals surface area contributed by atoms with Crippen LogP contribution in [0.15, 0.2) is 0 Å². The first-order valence-electron chi connectivity index (χ1n) is 7.87. The average molecular weight is 293 g/mol. The van der Waals surface area contributed by atoms with Crippen molar-refractivity contribution in [1.82, 2.24) is 16.0 Å². The predicted octanol–water partition coefficient (Wildman–Crippen LogP) is 1.93. The molecule has 0 aliphatic carbocycles. The summed E-state index contributed by atoms with van der Waals surface area (Å²) >= 11 is 0.